The van der Waals surface area contributed by atoms with Crippen LogP contribution < -0.4 is 14.8 Å². The van der Waals surface area contributed by atoms with Crippen molar-refractivity contribution in [3.63, 3.8) is 0 Å². The molecule has 1 N–H and O–H groups in total. The second kappa shape index (κ2) is 5.60. The number of furan rings is 1. The number of hydrogen-bond acceptors (Lipinski definition) is 5. The zero-order chi connectivity index (χ0) is 16.7. The Morgan fingerprint density at radius 2 is 2.00 bits per heavy atom. The summed E-state index contributed by atoms with van der Waals surface area (Å²) in [4.78, 5) is 4.78. The summed E-state index contributed by atoms with van der Waals surface area (Å²) >= 11 is 0. The highest BCUT2D eigenvalue weighted by atomic mass is 16.5. The number of aliphatic imine (C=N–C) groups is 1. The molecule has 1 aromatic heterocycles. The van der Waals surface area contributed by atoms with Gasteiger partial charge in [-0.25, -0.2) is 4.99 Å². The van der Waals surface area contributed by atoms with Crippen molar-refractivity contribution in [2.75, 3.05) is 14.2 Å². The molecule has 5 nitrogen and oxygen atoms in total. The number of nitrogens with zero attached hydrogens (tertiary/aromatic N) is 1. The van der Waals surface area contributed by atoms with Crippen LogP contribution in [0.5, 0.6) is 11.5 Å². The van der Waals surface area contributed by atoms with E-state index in [-0.39, 0.29) is 0 Å². The van der Waals surface area contributed by atoms with Crippen molar-refractivity contribution >= 4 is 22.5 Å². The highest BCUT2D eigenvalue weighted by Crippen LogP contribution is 2.36. The monoisotopic (exact) mass is 322 g/mol. The summed E-state index contributed by atoms with van der Waals surface area (Å²) in [5, 5.41) is 4.46. The van der Waals surface area contributed by atoms with Crippen LogP contribution in [0.1, 0.15) is 16.7 Å². The van der Waals surface area contributed by atoms with E-state index in [4.69, 9.17) is 18.9 Å². The predicted molar refractivity (Wildman–Crippen MR) is 93.5 cm³/mol. The number of methoxy groups -OCH3 is 2. The van der Waals surface area contributed by atoms with Crippen molar-refractivity contribution in [1.82, 2.24) is 5.32 Å². The van der Waals surface area contributed by atoms with Gasteiger partial charge in [0.15, 0.2) is 0 Å². The molecule has 24 heavy (non-hydrogen) atoms. The summed E-state index contributed by atoms with van der Waals surface area (Å²) in [6.45, 7) is 2.70. The highest BCUT2D eigenvalue weighted by Gasteiger charge is 2.19. The molecule has 0 amide bonds. The van der Waals surface area contributed by atoms with Crippen molar-refractivity contribution in [3.05, 3.63) is 53.3 Å². The summed E-state index contributed by atoms with van der Waals surface area (Å²) in [5.74, 6) is 2.35. The minimum Gasteiger partial charge on any atom is -0.497 e. The summed E-state index contributed by atoms with van der Waals surface area (Å²) in [5.41, 5.74) is 4.94. The molecule has 0 spiro atoms. The maximum atomic E-state index is 5.51. The second-order valence-electron chi connectivity index (χ2n) is 5.77. The third-order valence-electron chi connectivity index (χ3n) is 4.29. The minimum atomic E-state index is 0.657. The van der Waals surface area contributed by atoms with Gasteiger partial charge in [-0.2, -0.15) is 0 Å². The van der Waals surface area contributed by atoms with E-state index in [1.54, 1.807) is 20.5 Å². The molecule has 0 bridgehead atoms. The molecule has 2 heterocycles. The van der Waals surface area contributed by atoms with E-state index in [0.29, 0.717) is 6.54 Å². The first kappa shape index (κ1) is 14.6. The van der Waals surface area contributed by atoms with Crippen molar-refractivity contribution in [3.8, 4) is 11.5 Å². The Labute approximate surface area is 139 Å². The van der Waals surface area contributed by atoms with Crippen molar-refractivity contribution in [2.24, 2.45) is 4.99 Å². The standard InChI is InChI=1S/C19H18N2O3/c1-11-6-13(7-12-4-5-24-18(11)12)19-20-10-15-16(21-19)8-14(22-2)9-17(15)23-3/h4-9H,10H2,1-3H3,(H,20,21). The highest BCUT2D eigenvalue weighted by molar-refractivity contribution is 6.04. The third-order valence-corrected chi connectivity index (χ3v) is 4.29. The van der Waals surface area contributed by atoms with Crippen LogP contribution in [0.15, 0.2) is 46.0 Å². The zero-order valence-corrected chi connectivity index (χ0v) is 13.8. The summed E-state index contributed by atoms with van der Waals surface area (Å²) in [6, 6.07) is 9.94. The lowest BCUT2D eigenvalue weighted by Crippen LogP contribution is -2.27. The van der Waals surface area contributed by atoms with Crippen LogP contribution in [0.2, 0.25) is 0 Å². The lowest BCUT2D eigenvalue weighted by molar-refractivity contribution is 0.391. The Balaban J connectivity index is 1.84. The van der Waals surface area contributed by atoms with Gasteiger partial charge in [0, 0.05) is 35.2 Å². The number of nitrogens with one attached hydrogen (secondary N) is 1. The fraction of sp³-hybridized carbons (Fsp3) is 0.211. The van der Waals surface area contributed by atoms with Crippen LogP contribution in [0.25, 0.3) is 11.0 Å². The molecule has 4 rings (SSSR count). The van der Waals surface area contributed by atoms with Crippen LogP contribution in [0, 0.1) is 6.92 Å². The Morgan fingerprint density at radius 3 is 2.79 bits per heavy atom. The van der Waals surface area contributed by atoms with Gasteiger partial charge in [0.1, 0.15) is 22.9 Å². The van der Waals surface area contributed by atoms with E-state index in [0.717, 1.165) is 50.7 Å². The van der Waals surface area contributed by atoms with Gasteiger partial charge in [0.25, 0.3) is 0 Å². The maximum Gasteiger partial charge on any atom is 0.136 e. The van der Waals surface area contributed by atoms with E-state index >= 15 is 0 Å². The third kappa shape index (κ3) is 2.29. The van der Waals surface area contributed by atoms with Gasteiger partial charge in [-0.05, 0) is 30.7 Å². The molecule has 5 heteroatoms. The topological polar surface area (TPSA) is 56.0 Å². The van der Waals surface area contributed by atoms with E-state index in [9.17, 15) is 0 Å². The number of ether oxygens (including phenoxy) is 2. The fourth-order valence-corrected chi connectivity index (χ4v) is 3.08. The fourth-order valence-electron chi connectivity index (χ4n) is 3.08. The van der Waals surface area contributed by atoms with E-state index in [2.05, 4.69) is 17.4 Å². The van der Waals surface area contributed by atoms with Crippen LogP contribution in [0.3, 0.4) is 0 Å². The molecular weight excluding hydrogens is 304 g/mol. The van der Waals surface area contributed by atoms with Gasteiger partial charge in [0.2, 0.25) is 0 Å². The average molecular weight is 322 g/mol. The van der Waals surface area contributed by atoms with Gasteiger partial charge >= 0.3 is 0 Å². The number of amidine groups is 1. The van der Waals surface area contributed by atoms with Crippen LogP contribution in [0.4, 0.5) is 5.69 Å². The molecule has 122 valence electrons. The van der Waals surface area contributed by atoms with E-state index < -0.39 is 0 Å². The average Bonchev–Trinajstić information content (AvgIpc) is 3.09. The van der Waals surface area contributed by atoms with Crippen LogP contribution in [-0.4, -0.2) is 20.1 Å². The Bertz CT molecular complexity index is 957. The Hall–Kier alpha value is -2.95. The number of aryl methyl sites for hydroxylation is 1. The predicted octanol–water partition coefficient (Wildman–Crippen LogP) is 3.94. The second-order valence-corrected chi connectivity index (χ2v) is 5.77. The summed E-state index contributed by atoms with van der Waals surface area (Å²) < 4.78 is 16.3. The van der Waals surface area contributed by atoms with Gasteiger partial charge in [-0.3, -0.25) is 0 Å². The molecule has 0 atom stereocenters. The number of benzene rings is 2. The molecule has 0 fully saturated rings. The molecule has 3 aromatic rings. The SMILES string of the molecule is COc1cc2c(c(OC)c1)CNC(c1cc(C)c3occc3c1)=N2. The summed E-state index contributed by atoms with van der Waals surface area (Å²) in [7, 11) is 3.30. The Morgan fingerprint density at radius 1 is 1.12 bits per heavy atom. The van der Waals surface area contributed by atoms with Gasteiger partial charge in [-0.1, -0.05) is 0 Å². The Kier molecular flexibility index (Phi) is 3.41. The molecule has 0 aliphatic carbocycles. The van der Waals surface area contributed by atoms with Crippen LogP contribution in [-0.2, 0) is 6.54 Å². The van der Waals surface area contributed by atoms with Crippen molar-refractivity contribution < 1.29 is 13.9 Å². The lowest BCUT2D eigenvalue weighted by atomic mass is 10.0. The molecule has 0 unspecified atom stereocenters. The number of hydrogen-bond donors (Lipinski definition) is 1. The first-order valence-corrected chi connectivity index (χ1v) is 7.75. The van der Waals surface area contributed by atoms with E-state index in [1.165, 1.54) is 0 Å². The minimum absolute atomic E-state index is 0.657. The molecule has 1 aliphatic rings. The number of rotatable bonds is 3. The molecule has 1 aliphatic heterocycles. The first-order valence-electron chi connectivity index (χ1n) is 7.75. The maximum absolute atomic E-state index is 5.51. The molecule has 0 radical (unpaired) electrons. The largest absolute Gasteiger partial charge is 0.497 e. The molecule has 0 saturated heterocycles. The summed E-state index contributed by atoms with van der Waals surface area (Å²) in [6.07, 6.45) is 1.71. The van der Waals surface area contributed by atoms with Gasteiger partial charge < -0.3 is 19.2 Å². The first-order chi connectivity index (χ1) is 11.7. The zero-order valence-electron chi connectivity index (χ0n) is 13.8. The van der Waals surface area contributed by atoms with E-state index in [1.807, 2.05) is 25.1 Å². The molecule has 2 aromatic carbocycles. The lowest BCUT2D eigenvalue weighted by Gasteiger charge is -2.21. The normalized spacial score (nSPS) is 13.2. The smallest absolute Gasteiger partial charge is 0.136 e. The number of fused-ring (bicyclic) bond motifs is 2. The van der Waals surface area contributed by atoms with Gasteiger partial charge in [-0.15, -0.1) is 0 Å². The van der Waals surface area contributed by atoms with Crippen LogP contribution >= 0.6 is 0 Å². The van der Waals surface area contributed by atoms with Crippen molar-refractivity contribution in [1.29, 1.82) is 0 Å². The van der Waals surface area contributed by atoms with Gasteiger partial charge in [0.05, 0.1) is 26.2 Å². The molecule has 0 saturated carbocycles. The van der Waals surface area contributed by atoms with Crippen molar-refractivity contribution in [2.45, 2.75) is 13.5 Å². The quantitative estimate of drug-likeness (QED) is 0.793. The molecular formula is C19H18N2O3.